The van der Waals surface area contributed by atoms with Gasteiger partial charge in [-0.25, -0.2) is 0 Å². The molecule has 138 valence electrons. The third kappa shape index (κ3) is 4.97. The fourth-order valence-corrected chi connectivity index (χ4v) is 2.98. The van der Waals surface area contributed by atoms with Gasteiger partial charge in [-0.1, -0.05) is 18.2 Å². The first-order valence-electron chi connectivity index (χ1n) is 8.81. The fourth-order valence-electron chi connectivity index (χ4n) is 2.98. The molecule has 0 fully saturated rings. The lowest BCUT2D eigenvalue weighted by Crippen LogP contribution is -2.25. The summed E-state index contributed by atoms with van der Waals surface area (Å²) < 4.78 is 10.8. The maximum absolute atomic E-state index is 11.1. The Morgan fingerprint density at radius 2 is 1.77 bits per heavy atom. The molecule has 0 atom stereocenters. The molecule has 0 saturated heterocycles. The predicted octanol–water partition coefficient (Wildman–Crippen LogP) is 2.72. The van der Waals surface area contributed by atoms with E-state index in [0.29, 0.717) is 6.54 Å². The number of ether oxygens (including phenoxy) is 2. The number of hydrogen-bond donors (Lipinski definition) is 2. The first kappa shape index (κ1) is 18.2. The Morgan fingerprint density at radius 3 is 2.50 bits per heavy atom. The Morgan fingerprint density at radius 1 is 1.08 bits per heavy atom. The molecule has 1 amide bonds. The molecule has 2 aromatic carbocycles. The molecule has 3 rings (SSSR count). The number of carbonyl (C=O) groups is 1. The second-order valence-corrected chi connectivity index (χ2v) is 6.42. The van der Waals surface area contributed by atoms with Gasteiger partial charge in [0, 0.05) is 32.2 Å². The highest BCUT2D eigenvalue weighted by atomic mass is 16.7. The summed E-state index contributed by atoms with van der Waals surface area (Å²) in [6, 6.07) is 14.0. The number of hydrogen-bond acceptors (Lipinski definition) is 5. The molecule has 3 N–H and O–H groups in total. The number of fused-ring (bicyclic) bond motifs is 1. The highest BCUT2D eigenvalue weighted by molar-refractivity contribution is 5.88. The van der Waals surface area contributed by atoms with Crippen molar-refractivity contribution in [3.63, 3.8) is 0 Å². The highest BCUT2D eigenvalue weighted by Crippen LogP contribution is 2.32. The van der Waals surface area contributed by atoms with E-state index >= 15 is 0 Å². The summed E-state index contributed by atoms with van der Waals surface area (Å²) in [5.41, 5.74) is 8.88. The van der Waals surface area contributed by atoms with Gasteiger partial charge in [-0.05, 0) is 48.4 Å². The van der Waals surface area contributed by atoms with E-state index in [-0.39, 0.29) is 12.7 Å². The SMILES string of the molecule is CC(=O)Nc1ccc(CN(CCCN)Cc2ccc3c(c2)OCO3)cc1. The summed E-state index contributed by atoms with van der Waals surface area (Å²) in [7, 11) is 0. The molecule has 0 bridgehead atoms. The molecule has 1 aliphatic rings. The average molecular weight is 355 g/mol. The van der Waals surface area contributed by atoms with Crippen molar-refractivity contribution >= 4 is 11.6 Å². The lowest BCUT2D eigenvalue weighted by molar-refractivity contribution is -0.114. The van der Waals surface area contributed by atoms with Crippen molar-refractivity contribution < 1.29 is 14.3 Å². The van der Waals surface area contributed by atoms with Gasteiger partial charge in [0.05, 0.1) is 0 Å². The van der Waals surface area contributed by atoms with Gasteiger partial charge < -0.3 is 20.5 Å². The van der Waals surface area contributed by atoms with Crippen molar-refractivity contribution in [3.8, 4) is 11.5 Å². The summed E-state index contributed by atoms with van der Waals surface area (Å²) in [6.45, 7) is 5.00. The zero-order chi connectivity index (χ0) is 18.4. The zero-order valence-electron chi connectivity index (χ0n) is 15.0. The van der Waals surface area contributed by atoms with Gasteiger partial charge in [-0.2, -0.15) is 0 Å². The third-order valence-electron chi connectivity index (χ3n) is 4.20. The number of rotatable bonds is 8. The summed E-state index contributed by atoms with van der Waals surface area (Å²) in [5, 5.41) is 2.79. The predicted molar refractivity (Wildman–Crippen MR) is 101 cm³/mol. The smallest absolute Gasteiger partial charge is 0.231 e. The first-order chi connectivity index (χ1) is 12.6. The number of amides is 1. The number of anilines is 1. The maximum Gasteiger partial charge on any atom is 0.231 e. The second kappa shape index (κ2) is 8.69. The third-order valence-corrected chi connectivity index (χ3v) is 4.20. The van der Waals surface area contributed by atoms with E-state index in [4.69, 9.17) is 15.2 Å². The van der Waals surface area contributed by atoms with Crippen LogP contribution in [0.2, 0.25) is 0 Å². The van der Waals surface area contributed by atoms with Crippen molar-refractivity contribution in [2.45, 2.75) is 26.4 Å². The number of nitrogens with two attached hydrogens (primary N) is 1. The van der Waals surface area contributed by atoms with E-state index in [2.05, 4.69) is 16.3 Å². The second-order valence-electron chi connectivity index (χ2n) is 6.42. The molecule has 6 nitrogen and oxygen atoms in total. The zero-order valence-corrected chi connectivity index (χ0v) is 15.0. The Labute approximate surface area is 153 Å². The van der Waals surface area contributed by atoms with Crippen molar-refractivity contribution in [1.29, 1.82) is 0 Å². The largest absolute Gasteiger partial charge is 0.454 e. The van der Waals surface area contributed by atoms with Crippen molar-refractivity contribution in [3.05, 3.63) is 53.6 Å². The quantitative estimate of drug-likeness (QED) is 0.761. The molecule has 0 radical (unpaired) electrons. The van der Waals surface area contributed by atoms with Crippen LogP contribution in [0.4, 0.5) is 5.69 Å². The molecule has 0 aromatic heterocycles. The molecular weight excluding hydrogens is 330 g/mol. The van der Waals surface area contributed by atoms with E-state index < -0.39 is 0 Å². The fraction of sp³-hybridized carbons (Fsp3) is 0.350. The molecule has 0 spiro atoms. The van der Waals surface area contributed by atoms with Crippen molar-refractivity contribution in [2.75, 3.05) is 25.2 Å². The minimum absolute atomic E-state index is 0.0647. The molecule has 1 heterocycles. The summed E-state index contributed by atoms with van der Waals surface area (Å²) in [6.07, 6.45) is 0.939. The molecule has 0 aliphatic carbocycles. The summed E-state index contributed by atoms with van der Waals surface area (Å²) in [4.78, 5) is 13.5. The Bertz CT molecular complexity index is 746. The van der Waals surface area contributed by atoms with Crippen LogP contribution in [-0.4, -0.2) is 30.7 Å². The number of nitrogens with zero attached hydrogens (tertiary/aromatic N) is 1. The van der Waals surface area contributed by atoms with E-state index in [1.54, 1.807) is 0 Å². The van der Waals surface area contributed by atoms with Crippen LogP contribution < -0.4 is 20.5 Å². The van der Waals surface area contributed by atoms with E-state index in [1.165, 1.54) is 18.1 Å². The van der Waals surface area contributed by atoms with Crippen LogP contribution in [0.3, 0.4) is 0 Å². The normalized spacial score (nSPS) is 12.4. The average Bonchev–Trinajstić information content (AvgIpc) is 3.08. The van der Waals surface area contributed by atoms with Gasteiger partial charge >= 0.3 is 0 Å². The van der Waals surface area contributed by atoms with Crippen molar-refractivity contribution in [2.24, 2.45) is 5.73 Å². The van der Waals surface area contributed by atoms with Crippen LogP contribution in [-0.2, 0) is 17.9 Å². The summed E-state index contributed by atoms with van der Waals surface area (Å²) >= 11 is 0. The number of benzene rings is 2. The van der Waals surface area contributed by atoms with Gasteiger partial charge in [0.1, 0.15) is 0 Å². The van der Waals surface area contributed by atoms with Gasteiger partial charge in [0.15, 0.2) is 11.5 Å². The van der Waals surface area contributed by atoms with Gasteiger partial charge in [0.25, 0.3) is 0 Å². The molecule has 0 unspecified atom stereocenters. The van der Waals surface area contributed by atoms with E-state index in [0.717, 1.165) is 43.2 Å². The molecule has 1 aliphatic heterocycles. The van der Waals surface area contributed by atoms with E-state index in [1.807, 2.05) is 36.4 Å². The minimum atomic E-state index is -0.0647. The molecule has 6 heteroatoms. The summed E-state index contributed by atoms with van der Waals surface area (Å²) in [5.74, 6) is 1.54. The van der Waals surface area contributed by atoms with Crippen LogP contribution in [0.5, 0.6) is 11.5 Å². The Kier molecular flexibility index (Phi) is 6.09. The Hall–Kier alpha value is -2.57. The Balaban J connectivity index is 1.66. The van der Waals surface area contributed by atoms with Crippen molar-refractivity contribution in [1.82, 2.24) is 4.90 Å². The van der Waals surface area contributed by atoms with Gasteiger partial charge in [-0.3, -0.25) is 9.69 Å². The minimum Gasteiger partial charge on any atom is -0.454 e. The highest BCUT2D eigenvalue weighted by Gasteiger charge is 2.15. The standard InChI is InChI=1S/C20H25N3O3/c1-15(24)22-18-6-3-16(4-7-18)12-23(10-2-9-21)13-17-5-8-19-20(11-17)26-14-25-19/h3-8,11H,2,9-10,12-14,21H2,1H3,(H,22,24). The van der Waals surface area contributed by atoms with Crippen LogP contribution in [0, 0.1) is 0 Å². The van der Waals surface area contributed by atoms with E-state index in [9.17, 15) is 4.79 Å². The lowest BCUT2D eigenvalue weighted by Gasteiger charge is -2.22. The molecule has 26 heavy (non-hydrogen) atoms. The molecule has 2 aromatic rings. The van der Waals surface area contributed by atoms with Gasteiger partial charge in [-0.15, -0.1) is 0 Å². The monoisotopic (exact) mass is 355 g/mol. The van der Waals surface area contributed by atoms with Crippen LogP contribution in [0.1, 0.15) is 24.5 Å². The molecule has 0 saturated carbocycles. The van der Waals surface area contributed by atoms with Crippen LogP contribution in [0.25, 0.3) is 0 Å². The number of carbonyl (C=O) groups excluding carboxylic acids is 1. The first-order valence-corrected chi connectivity index (χ1v) is 8.81. The molecular formula is C20H25N3O3. The topological polar surface area (TPSA) is 76.8 Å². The van der Waals surface area contributed by atoms with Gasteiger partial charge in [0.2, 0.25) is 12.7 Å². The maximum atomic E-state index is 11.1. The van der Waals surface area contributed by atoms with Crippen LogP contribution in [0.15, 0.2) is 42.5 Å². The number of nitrogens with one attached hydrogen (secondary N) is 1. The van der Waals surface area contributed by atoms with Crippen LogP contribution >= 0.6 is 0 Å². The lowest BCUT2D eigenvalue weighted by atomic mass is 10.1.